The van der Waals surface area contributed by atoms with Crippen molar-refractivity contribution in [2.45, 2.75) is 0 Å². The molecule has 0 radical (unpaired) electrons. The summed E-state index contributed by atoms with van der Waals surface area (Å²) in [5, 5.41) is 11.4. The first kappa shape index (κ1) is 24.4. The number of hydrogen-bond donors (Lipinski definition) is 3. The second-order valence-electron chi connectivity index (χ2n) is 9.02. The number of carbonyl (C=O) groups is 2. The van der Waals surface area contributed by atoms with Crippen LogP contribution in [0.3, 0.4) is 0 Å². The fraction of sp³-hybridized carbons (Fsp3) is 0.0714. The van der Waals surface area contributed by atoms with Crippen molar-refractivity contribution in [1.82, 2.24) is 19.3 Å². The molecule has 0 spiro atoms. The molecule has 2 amide bonds. The van der Waals surface area contributed by atoms with Gasteiger partial charge in [0.2, 0.25) is 0 Å². The Kier molecular flexibility index (Phi) is 5.92. The molecule has 0 aliphatic heterocycles. The van der Waals surface area contributed by atoms with Crippen LogP contribution >= 0.6 is 15.9 Å². The molecular formula is C28H21BrN6O4. The number of anilines is 2. The molecule has 11 heteroatoms. The SMILES string of the molecule is Cn1c(C(=O)Nc2cccc3cc(C(=O)Nc4ccc(Br)cc4-c4noc(=O)[nH]4)n(C)c23)cc2ccccc21. The van der Waals surface area contributed by atoms with Gasteiger partial charge in [0.1, 0.15) is 11.4 Å². The van der Waals surface area contributed by atoms with Crippen LogP contribution in [0.2, 0.25) is 0 Å². The number of benzene rings is 3. The van der Waals surface area contributed by atoms with Crippen LogP contribution in [0.4, 0.5) is 11.4 Å². The van der Waals surface area contributed by atoms with E-state index < -0.39 is 5.76 Å². The predicted octanol–water partition coefficient (Wildman–Crippen LogP) is 5.28. The van der Waals surface area contributed by atoms with E-state index in [0.29, 0.717) is 33.8 Å². The first-order chi connectivity index (χ1) is 18.8. The zero-order valence-electron chi connectivity index (χ0n) is 20.8. The van der Waals surface area contributed by atoms with E-state index in [-0.39, 0.29) is 17.6 Å². The Morgan fingerprint density at radius 2 is 1.54 bits per heavy atom. The van der Waals surface area contributed by atoms with Crippen molar-refractivity contribution in [3.8, 4) is 11.4 Å². The Balaban J connectivity index is 1.33. The number of aromatic amines is 1. The molecular weight excluding hydrogens is 564 g/mol. The zero-order chi connectivity index (χ0) is 27.3. The summed E-state index contributed by atoms with van der Waals surface area (Å²) in [5.41, 5.74) is 4.04. The summed E-state index contributed by atoms with van der Waals surface area (Å²) < 4.78 is 8.95. The van der Waals surface area contributed by atoms with Crippen molar-refractivity contribution < 1.29 is 14.1 Å². The first-order valence-corrected chi connectivity index (χ1v) is 12.7. The zero-order valence-corrected chi connectivity index (χ0v) is 22.4. The largest absolute Gasteiger partial charge is 0.439 e. The Morgan fingerprint density at radius 3 is 2.28 bits per heavy atom. The smallest absolute Gasteiger partial charge is 0.340 e. The van der Waals surface area contributed by atoms with Gasteiger partial charge in [-0.3, -0.25) is 19.1 Å². The fourth-order valence-corrected chi connectivity index (χ4v) is 5.14. The Hall–Kier alpha value is -4.90. The number of carbonyl (C=O) groups excluding carboxylic acids is 2. The van der Waals surface area contributed by atoms with E-state index in [1.165, 1.54) is 0 Å². The summed E-state index contributed by atoms with van der Waals surface area (Å²) >= 11 is 3.40. The van der Waals surface area contributed by atoms with Gasteiger partial charge in [-0.1, -0.05) is 51.4 Å². The minimum Gasteiger partial charge on any atom is -0.340 e. The van der Waals surface area contributed by atoms with Crippen molar-refractivity contribution in [2.75, 3.05) is 10.6 Å². The van der Waals surface area contributed by atoms with Gasteiger partial charge in [-0.05, 0) is 42.5 Å². The molecule has 0 unspecified atom stereocenters. The number of rotatable bonds is 5. The average molecular weight is 585 g/mol. The van der Waals surface area contributed by atoms with Crippen molar-refractivity contribution in [3.05, 3.63) is 99.2 Å². The number of hydrogen-bond acceptors (Lipinski definition) is 5. The van der Waals surface area contributed by atoms with Crippen LogP contribution in [-0.2, 0) is 14.1 Å². The number of aryl methyl sites for hydroxylation is 2. The first-order valence-electron chi connectivity index (χ1n) is 11.9. The number of amides is 2. The number of nitrogens with zero attached hydrogens (tertiary/aromatic N) is 3. The molecule has 0 atom stereocenters. The molecule has 10 nitrogen and oxygen atoms in total. The van der Waals surface area contributed by atoms with Crippen molar-refractivity contribution in [2.24, 2.45) is 14.1 Å². The summed E-state index contributed by atoms with van der Waals surface area (Å²) in [5.74, 6) is -1.15. The molecule has 0 fully saturated rings. The highest BCUT2D eigenvalue weighted by Crippen LogP contribution is 2.31. The van der Waals surface area contributed by atoms with Crippen LogP contribution in [0.25, 0.3) is 33.2 Å². The minimum atomic E-state index is -0.700. The van der Waals surface area contributed by atoms with Gasteiger partial charge in [0.25, 0.3) is 11.8 Å². The quantitative estimate of drug-likeness (QED) is 0.254. The highest BCUT2D eigenvalue weighted by Gasteiger charge is 2.20. The molecule has 0 aliphatic rings. The van der Waals surface area contributed by atoms with Gasteiger partial charge in [-0.25, -0.2) is 4.79 Å². The van der Waals surface area contributed by atoms with Crippen molar-refractivity contribution in [1.29, 1.82) is 0 Å². The Bertz CT molecular complexity index is 1980. The molecule has 3 aromatic carbocycles. The number of halogens is 1. The van der Waals surface area contributed by atoms with E-state index in [9.17, 15) is 14.4 Å². The molecule has 3 N–H and O–H groups in total. The summed E-state index contributed by atoms with van der Waals surface area (Å²) in [6, 6.07) is 22.1. The average Bonchev–Trinajstić information content (AvgIpc) is 3.61. The second kappa shape index (κ2) is 9.44. The van der Waals surface area contributed by atoms with Gasteiger partial charge in [0.05, 0.1) is 16.9 Å². The molecule has 0 aliphatic carbocycles. The third kappa shape index (κ3) is 4.32. The Morgan fingerprint density at radius 1 is 0.846 bits per heavy atom. The molecule has 6 rings (SSSR count). The molecule has 6 aromatic rings. The third-order valence-corrected chi connectivity index (χ3v) is 7.14. The molecule has 0 saturated heterocycles. The number of aromatic nitrogens is 4. The standard InChI is InChI=1S/C28H21BrN6O4/c1-34-21-9-4-3-6-15(21)12-22(34)26(36)31-20-8-5-7-16-13-23(35(2)24(16)20)27(37)30-19-11-10-17(29)14-18(19)25-32-28(38)39-33-25/h3-14H,1-2H3,(H,30,37)(H,31,36)(H,32,33,38). The minimum absolute atomic E-state index is 0.187. The summed E-state index contributed by atoms with van der Waals surface area (Å²) in [7, 11) is 3.62. The van der Waals surface area contributed by atoms with E-state index in [0.717, 1.165) is 20.8 Å². The molecule has 39 heavy (non-hydrogen) atoms. The lowest BCUT2D eigenvalue weighted by Gasteiger charge is -2.12. The van der Waals surface area contributed by atoms with E-state index in [1.807, 2.05) is 54.1 Å². The lowest BCUT2D eigenvalue weighted by molar-refractivity contribution is 0.101. The molecule has 3 aromatic heterocycles. The van der Waals surface area contributed by atoms with Crippen LogP contribution < -0.4 is 16.4 Å². The van der Waals surface area contributed by atoms with E-state index in [4.69, 9.17) is 0 Å². The van der Waals surface area contributed by atoms with Crippen molar-refractivity contribution >= 4 is 60.9 Å². The monoisotopic (exact) mass is 584 g/mol. The van der Waals surface area contributed by atoms with Crippen LogP contribution in [-0.4, -0.2) is 31.1 Å². The van der Waals surface area contributed by atoms with Crippen molar-refractivity contribution in [3.63, 3.8) is 0 Å². The highest BCUT2D eigenvalue weighted by atomic mass is 79.9. The number of para-hydroxylation sites is 2. The van der Waals surface area contributed by atoms with Crippen LogP contribution in [0.5, 0.6) is 0 Å². The lowest BCUT2D eigenvalue weighted by Crippen LogP contribution is -2.18. The summed E-state index contributed by atoms with van der Waals surface area (Å²) in [6.07, 6.45) is 0. The van der Waals surface area contributed by atoms with E-state index >= 15 is 0 Å². The summed E-state index contributed by atoms with van der Waals surface area (Å²) in [6.45, 7) is 0. The molecule has 3 heterocycles. The fourth-order valence-electron chi connectivity index (χ4n) is 4.78. The van der Waals surface area contributed by atoms with E-state index in [2.05, 4.69) is 41.2 Å². The van der Waals surface area contributed by atoms with Gasteiger partial charge in [0.15, 0.2) is 5.82 Å². The van der Waals surface area contributed by atoms with Gasteiger partial charge in [-0.15, -0.1) is 0 Å². The van der Waals surface area contributed by atoms with E-state index in [1.54, 1.807) is 41.9 Å². The second-order valence-corrected chi connectivity index (χ2v) is 9.94. The predicted molar refractivity (Wildman–Crippen MR) is 152 cm³/mol. The van der Waals surface area contributed by atoms with Crippen LogP contribution in [0.15, 0.2) is 86.6 Å². The number of H-pyrrole nitrogens is 1. The maximum Gasteiger partial charge on any atom is 0.439 e. The highest BCUT2D eigenvalue weighted by molar-refractivity contribution is 9.10. The topological polar surface area (TPSA) is 127 Å². The number of fused-ring (bicyclic) bond motifs is 2. The number of nitrogens with one attached hydrogen (secondary N) is 3. The maximum absolute atomic E-state index is 13.4. The van der Waals surface area contributed by atoms with Crippen LogP contribution in [0.1, 0.15) is 21.0 Å². The Labute approximate surface area is 229 Å². The molecule has 0 bridgehead atoms. The summed E-state index contributed by atoms with van der Waals surface area (Å²) in [4.78, 5) is 40.7. The van der Waals surface area contributed by atoms with Gasteiger partial charge in [0, 0.05) is 40.4 Å². The molecule has 194 valence electrons. The lowest BCUT2D eigenvalue weighted by atomic mass is 10.1. The van der Waals surface area contributed by atoms with Crippen LogP contribution in [0, 0.1) is 0 Å². The third-order valence-electron chi connectivity index (χ3n) is 6.65. The molecule has 0 saturated carbocycles. The normalized spacial score (nSPS) is 11.3. The van der Waals surface area contributed by atoms with Gasteiger partial charge in [-0.2, -0.15) is 0 Å². The van der Waals surface area contributed by atoms with Gasteiger partial charge < -0.3 is 19.8 Å². The maximum atomic E-state index is 13.4. The van der Waals surface area contributed by atoms with Gasteiger partial charge >= 0.3 is 5.76 Å².